The Balaban J connectivity index is 2.12. The monoisotopic (exact) mass is 350 g/mol. The fourth-order valence-corrected chi connectivity index (χ4v) is 2.81. The van der Waals surface area contributed by atoms with Gasteiger partial charge in [0.05, 0.1) is 17.9 Å². The van der Waals surface area contributed by atoms with Crippen molar-refractivity contribution >= 4 is 23.6 Å². The highest BCUT2D eigenvalue weighted by Gasteiger charge is 2.32. The second kappa shape index (κ2) is 7.50. The lowest BCUT2D eigenvalue weighted by atomic mass is 10.1. The van der Waals surface area contributed by atoms with E-state index < -0.39 is 29.9 Å². The van der Waals surface area contributed by atoms with Gasteiger partial charge in [0.1, 0.15) is 6.04 Å². The average molecular weight is 350 g/mol. The molecule has 0 aromatic carbocycles. The number of aryl methyl sites for hydroxylation is 1. The summed E-state index contributed by atoms with van der Waals surface area (Å²) in [5, 5.41) is 2.50. The summed E-state index contributed by atoms with van der Waals surface area (Å²) < 4.78 is 10.2. The minimum absolute atomic E-state index is 0.205. The van der Waals surface area contributed by atoms with Gasteiger partial charge in [-0.3, -0.25) is 9.59 Å². The van der Waals surface area contributed by atoms with Gasteiger partial charge in [-0.05, 0) is 39.7 Å². The number of ketones is 1. The van der Waals surface area contributed by atoms with Gasteiger partial charge in [0, 0.05) is 12.1 Å². The zero-order valence-electron chi connectivity index (χ0n) is 14.7. The Morgan fingerprint density at radius 2 is 1.96 bits per heavy atom. The normalized spacial score (nSPS) is 17.8. The summed E-state index contributed by atoms with van der Waals surface area (Å²) in [5.41, 5.74) is 1.49. The molecular formula is C17H22N2O6. The molecule has 2 heterocycles. The standard InChI is InChI=1S/C17H22N2O6/c1-5-24-17(23)13-8(2)14(18-9(13)3)15(21)10(4)25-16(22)11-6-7-12(20)19-11/h10-11,18H,5-7H2,1-4H3,(H,19,20)/t10-,11+/m0/s1. The maximum absolute atomic E-state index is 12.6. The van der Waals surface area contributed by atoms with Gasteiger partial charge in [-0.15, -0.1) is 0 Å². The number of esters is 2. The number of hydrogen-bond acceptors (Lipinski definition) is 6. The van der Waals surface area contributed by atoms with E-state index in [0.29, 0.717) is 23.2 Å². The van der Waals surface area contributed by atoms with E-state index in [1.165, 1.54) is 6.92 Å². The SMILES string of the molecule is CCOC(=O)c1c(C)[nH]c(C(=O)[C@H](C)OC(=O)[C@H]2CCC(=O)N2)c1C. The number of carbonyl (C=O) groups excluding carboxylic acids is 4. The lowest BCUT2D eigenvalue weighted by Crippen LogP contribution is -2.38. The summed E-state index contributed by atoms with van der Waals surface area (Å²) in [7, 11) is 0. The Morgan fingerprint density at radius 1 is 1.28 bits per heavy atom. The molecule has 0 spiro atoms. The Labute approximate surface area is 145 Å². The van der Waals surface area contributed by atoms with E-state index in [9.17, 15) is 19.2 Å². The molecule has 1 saturated heterocycles. The molecule has 8 nitrogen and oxygen atoms in total. The lowest BCUT2D eigenvalue weighted by molar-refractivity contribution is -0.149. The minimum Gasteiger partial charge on any atom is -0.462 e. The highest BCUT2D eigenvalue weighted by Crippen LogP contribution is 2.21. The third-order valence-corrected chi connectivity index (χ3v) is 4.11. The predicted molar refractivity (Wildman–Crippen MR) is 87.3 cm³/mol. The minimum atomic E-state index is -1.04. The summed E-state index contributed by atoms with van der Waals surface area (Å²) in [6, 6.07) is -0.718. The van der Waals surface area contributed by atoms with Gasteiger partial charge in [0.2, 0.25) is 11.7 Å². The smallest absolute Gasteiger partial charge is 0.340 e. The van der Waals surface area contributed by atoms with Crippen LogP contribution in [0, 0.1) is 13.8 Å². The van der Waals surface area contributed by atoms with Gasteiger partial charge >= 0.3 is 11.9 Å². The number of Topliss-reactive ketones (excluding diaryl/α,β-unsaturated/α-hetero) is 1. The van der Waals surface area contributed by atoms with Crippen molar-refractivity contribution in [1.82, 2.24) is 10.3 Å². The number of aromatic nitrogens is 1. The number of hydrogen-bond donors (Lipinski definition) is 2. The zero-order valence-corrected chi connectivity index (χ0v) is 14.7. The van der Waals surface area contributed by atoms with E-state index in [0.717, 1.165) is 0 Å². The molecule has 0 aliphatic carbocycles. The van der Waals surface area contributed by atoms with Crippen LogP contribution in [0.5, 0.6) is 0 Å². The molecule has 25 heavy (non-hydrogen) atoms. The molecule has 0 radical (unpaired) electrons. The summed E-state index contributed by atoms with van der Waals surface area (Å²) in [6.07, 6.45) is -0.427. The third-order valence-electron chi connectivity index (χ3n) is 4.11. The van der Waals surface area contributed by atoms with Gasteiger partial charge in [-0.25, -0.2) is 9.59 Å². The van der Waals surface area contributed by atoms with Crippen LogP contribution in [0.1, 0.15) is 58.8 Å². The van der Waals surface area contributed by atoms with Crippen molar-refractivity contribution < 1.29 is 28.7 Å². The van der Waals surface area contributed by atoms with Crippen LogP contribution in [-0.4, -0.2) is 47.4 Å². The topological polar surface area (TPSA) is 115 Å². The van der Waals surface area contributed by atoms with Crippen LogP contribution in [0.3, 0.4) is 0 Å². The molecule has 8 heteroatoms. The van der Waals surface area contributed by atoms with Gasteiger partial charge in [0.15, 0.2) is 6.10 Å². The molecular weight excluding hydrogens is 328 g/mol. The second-order valence-corrected chi connectivity index (χ2v) is 5.95. The van der Waals surface area contributed by atoms with Gasteiger partial charge < -0.3 is 19.8 Å². The van der Waals surface area contributed by atoms with Crippen LogP contribution >= 0.6 is 0 Å². The molecule has 0 saturated carbocycles. The molecule has 1 fully saturated rings. The van der Waals surface area contributed by atoms with Crippen LogP contribution in [0.2, 0.25) is 0 Å². The van der Waals surface area contributed by atoms with E-state index in [2.05, 4.69) is 10.3 Å². The first-order chi connectivity index (χ1) is 11.8. The van der Waals surface area contributed by atoms with Crippen LogP contribution in [0.25, 0.3) is 0 Å². The number of nitrogens with one attached hydrogen (secondary N) is 2. The zero-order chi connectivity index (χ0) is 18.7. The highest BCUT2D eigenvalue weighted by atomic mass is 16.5. The number of ether oxygens (including phenoxy) is 2. The molecule has 2 N–H and O–H groups in total. The van der Waals surface area contributed by atoms with Crippen molar-refractivity contribution in [3.05, 3.63) is 22.5 Å². The van der Waals surface area contributed by atoms with Crippen molar-refractivity contribution in [3.63, 3.8) is 0 Å². The molecule has 0 bridgehead atoms. The van der Waals surface area contributed by atoms with Gasteiger partial charge in [-0.2, -0.15) is 0 Å². The first-order valence-corrected chi connectivity index (χ1v) is 8.16. The van der Waals surface area contributed by atoms with Crippen molar-refractivity contribution in [2.24, 2.45) is 0 Å². The van der Waals surface area contributed by atoms with E-state index in [1.54, 1.807) is 20.8 Å². The molecule has 1 aromatic heterocycles. The van der Waals surface area contributed by atoms with Crippen molar-refractivity contribution in [2.75, 3.05) is 6.61 Å². The Morgan fingerprint density at radius 3 is 2.52 bits per heavy atom. The molecule has 1 aliphatic heterocycles. The van der Waals surface area contributed by atoms with Crippen LogP contribution in [-0.2, 0) is 19.1 Å². The van der Waals surface area contributed by atoms with Crippen molar-refractivity contribution in [2.45, 2.75) is 52.7 Å². The Kier molecular flexibility index (Phi) is 5.61. The maximum atomic E-state index is 12.6. The number of carbonyl (C=O) groups is 4. The van der Waals surface area contributed by atoms with Gasteiger partial charge in [0.25, 0.3) is 0 Å². The summed E-state index contributed by atoms with van der Waals surface area (Å²) in [4.78, 5) is 50.6. The first kappa shape index (κ1) is 18.7. The first-order valence-electron chi connectivity index (χ1n) is 8.16. The van der Waals surface area contributed by atoms with Crippen LogP contribution < -0.4 is 5.32 Å². The molecule has 2 atom stereocenters. The quantitative estimate of drug-likeness (QED) is 0.588. The largest absolute Gasteiger partial charge is 0.462 e. The van der Waals surface area contributed by atoms with Crippen molar-refractivity contribution in [1.29, 1.82) is 0 Å². The second-order valence-electron chi connectivity index (χ2n) is 5.95. The molecule has 1 aliphatic rings. The summed E-state index contributed by atoms with van der Waals surface area (Å²) in [6.45, 7) is 6.68. The number of rotatable bonds is 6. The number of amides is 1. The Hall–Kier alpha value is -2.64. The van der Waals surface area contributed by atoms with Crippen LogP contribution in [0.4, 0.5) is 0 Å². The molecule has 136 valence electrons. The fourth-order valence-electron chi connectivity index (χ4n) is 2.81. The number of aromatic amines is 1. The van der Waals surface area contributed by atoms with Gasteiger partial charge in [-0.1, -0.05) is 0 Å². The molecule has 2 rings (SSSR count). The van der Waals surface area contributed by atoms with Crippen molar-refractivity contribution in [3.8, 4) is 0 Å². The van der Waals surface area contributed by atoms with E-state index in [-0.39, 0.29) is 24.6 Å². The number of H-pyrrole nitrogens is 1. The Bertz CT molecular complexity index is 721. The van der Waals surface area contributed by atoms with E-state index in [4.69, 9.17) is 9.47 Å². The predicted octanol–water partition coefficient (Wildman–Crippen LogP) is 1.20. The fraction of sp³-hybridized carbons (Fsp3) is 0.529. The lowest BCUT2D eigenvalue weighted by Gasteiger charge is -2.15. The third kappa shape index (κ3) is 3.89. The van der Waals surface area contributed by atoms with E-state index in [1.807, 2.05) is 0 Å². The summed E-state index contributed by atoms with van der Waals surface area (Å²) in [5.74, 6) is -1.81. The molecule has 1 amide bonds. The average Bonchev–Trinajstić information content (AvgIpc) is 3.10. The molecule has 0 unspecified atom stereocenters. The molecule has 1 aromatic rings. The van der Waals surface area contributed by atoms with Crippen LogP contribution in [0.15, 0.2) is 0 Å². The highest BCUT2D eigenvalue weighted by molar-refractivity contribution is 6.04. The summed E-state index contributed by atoms with van der Waals surface area (Å²) >= 11 is 0. The maximum Gasteiger partial charge on any atom is 0.340 e. The van der Waals surface area contributed by atoms with E-state index >= 15 is 0 Å².